The molecule has 0 bridgehead atoms. The Labute approximate surface area is 179 Å². The number of aryl methyl sites for hydroxylation is 2. The van der Waals surface area contributed by atoms with Crippen LogP contribution >= 0.6 is 0 Å². The van der Waals surface area contributed by atoms with Crippen molar-refractivity contribution in [1.82, 2.24) is 29.6 Å². The molecule has 0 saturated carbocycles. The number of phenolic OH excluding ortho intramolecular Hbond substituents is 1. The summed E-state index contributed by atoms with van der Waals surface area (Å²) in [5.74, 6) is 0.495. The van der Waals surface area contributed by atoms with Crippen molar-refractivity contribution >= 4 is 21.8 Å². The Kier molecular flexibility index (Phi) is 4.37. The van der Waals surface area contributed by atoms with Crippen LogP contribution in [0.5, 0.6) is 5.75 Å². The number of phenols is 1. The number of fused-ring (bicyclic) bond motifs is 2. The van der Waals surface area contributed by atoms with Gasteiger partial charge in [-0.3, -0.25) is 9.48 Å². The fourth-order valence-electron chi connectivity index (χ4n) is 4.65. The topological polar surface area (TPSA) is 97.9 Å². The number of pyridine rings is 1. The maximum atomic E-state index is 13.2. The molecule has 8 nitrogen and oxygen atoms in total. The lowest BCUT2D eigenvalue weighted by Crippen LogP contribution is -2.47. The van der Waals surface area contributed by atoms with Gasteiger partial charge in [-0.2, -0.15) is 5.10 Å². The van der Waals surface area contributed by atoms with E-state index in [1.54, 1.807) is 10.9 Å². The SMILES string of the molecule is Cc1c(O)c(-c2ncc3c(=O)n([C@@H]4CCNC(C)(C)C4)ccc3n2)cc2cn(C)nc12. The predicted molar refractivity (Wildman–Crippen MR) is 120 cm³/mol. The third kappa shape index (κ3) is 3.27. The summed E-state index contributed by atoms with van der Waals surface area (Å²) in [7, 11) is 1.84. The maximum Gasteiger partial charge on any atom is 0.261 e. The smallest absolute Gasteiger partial charge is 0.261 e. The lowest BCUT2D eigenvalue weighted by atomic mass is 9.89. The number of aromatic hydroxyl groups is 1. The van der Waals surface area contributed by atoms with E-state index >= 15 is 0 Å². The van der Waals surface area contributed by atoms with Crippen molar-refractivity contribution in [2.45, 2.75) is 45.2 Å². The summed E-state index contributed by atoms with van der Waals surface area (Å²) in [6, 6.07) is 3.85. The zero-order valence-corrected chi connectivity index (χ0v) is 18.2. The number of rotatable bonds is 2. The Hall–Kier alpha value is -3.26. The van der Waals surface area contributed by atoms with Gasteiger partial charge in [0.05, 0.1) is 22.0 Å². The molecular weight excluding hydrogens is 392 g/mol. The largest absolute Gasteiger partial charge is 0.507 e. The van der Waals surface area contributed by atoms with Crippen LogP contribution in [0.15, 0.2) is 35.5 Å². The second kappa shape index (κ2) is 6.88. The van der Waals surface area contributed by atoms with Crippen LogP contribution < -0.4 is 10.9 Å². The highest BCUT2D eigenvalue weighted by Gasteiger charge is 2.29. The summed E-state index contributed by atoms with van der Waals surface area (Å²) in [6.45, 7) is 7.03. The molecule has 4 aromatic rings. The van der Waals surface area contributed by atoms with E-state index in [4.69, 9.17) is 0 Å². The Morgan fingerprint density at radius 3 is 2.90 bits per heavy atom. The van der Waals surface area contributed by atoms with Gasteiger partial charge in [-0.15, -0.1) is 0 Å². The van der Waals surface area contributed by atoms with E-state index in [2.05, 4.69) is 34.2 Å². The molecule has 1 atom stereocenters. The van der Waals surface area contributed by atoms with Crippen LogP contribution in [0.3, 0.4) is 0 Å². The minimum absolute atomic E-state index is 0.00199. The van der Waals surface area contributed by atoms with E-state index in [1.807, 2.05) is 43.1 Å². The van der Waals surface area contributed by atoms with Crippen molar-refractivity contribution in [3.8, 4) is 17.1 Å². The first-order valence-electron chi connectivity index (χ1n) is 10.5. The van der Waals surface area contributed by atoms with Gasteiger partial charge < -0.3 is 15.0 Å². The Balaban J connectivity index is 1.60. The van der Waals surface area contributed by atoms with Gasteiger partial charge in [0.15, 0.2) is 5.82 Å². The normalized spacial score (nSPS) is 18.6. The Morgan fingerprint density at radius 2 is 2.13 bits per heavy atom. The number of hydrogen-bond acceptors (Lipinski definition) is 6. The summed E-state index contributed by atoms with van der Waals surface area (Å²) < 4.78 is 3.53. The fourth-order valence-corrected chi connectivity index (χ4v) is 4.65. The summed E-state index contributed by atoms with van der Waals surface area (Å²) in [5, 5.41) is 20.0. The van der Waals surface area contributed by atoms with Crippen LogP contribution in [0.1, 0.15) is 38.3 Å². The van der Waals surface area contributed by atoms with E-state index in [9.17, 15) is 9.90 Å². The number of nitrogens with one attached hydrogen (secondary N) is 1. The molecule has 1 aliphatic heterocycles. The van der Waals surface area contributed by atoms with Gasteiger partial charge in [-0.1, -0.05) is 0 Å². The first kappa shape index (κ1) is 19.7. The van der Waals surface area contributed by atoms with Crippen LogP contribution in [-0.4, -0.2) is 41.5 Å². The molecule has 1 saturated heterocycles. The molecule has 8 heteroatoms. The van der Waals surface area contributed by atoms with E-state index in [1.165, 1.54) is 0 Å². The number of hydrogen-bond donors (Lipinski definition) is 2. The zero-order valence-electron chi connectivity index (χ0n) is 18.2. The van der Waals surface area contributed by atoms with Crippen LogP contribution in [0, 0.1) is 6.92 Å². The predicted octanol–water partition coefficient (Wildman–Crippen LogP) is 3.06. The molecule has 1 aromatic carbocycles. The third-order valence-corrected chi connectivity index (χ3v) is 6.26. The Morgan fingerprint density at radius 1 is 1.32 bits per heavy atom. The highest BCUT2D eigenvalue weighted by molar-refractivity contribution is 5.90. The van der Waals surface area contributed by atoms with E-state index in [-0.39, 0.29) is 22.9 Å². The molecule has 0 aliphatic carbocycles. The first-order chi connectivity index (χ1) is 14.7. The monoisotopic (exact) mass is 418 g/mol. The van der Waals surface area contributed by atoms with Crippen LogP contribution in [-0.2, 0) is 7.05 Å². The number of aromatic nitrogens is 5. The van der Waals surface area contributed by atoms with Crippen molar-refractivity contribution in [1.29, 1.82) is 0 Å². The van der Waals surface area contributed by atoms with Gasteiger partial charge in [0.25, 0.3) is 5.56 Å². The van der Waals surface area contributed by atoms with E-state index < -0.39 is 0 Å². The molecule has 1 fully saturated rings. The van der Waals surface area contributed by atoms with Gasteiger partial charge in [-0.25, -0.2) is 9.97 Å². The van der Waals surface area contributed by atoms with Gasteiger partial charge in [0.2, 0.25) is 0 Å². The average Bonchev–Trinajstić information content (AvgIpc) is 3.10. The summed E-state index contributed by atoms with van der Waals surface area (Å²) in [4.78, 5) is 22.2. The molecule has 4 heterocycles. The molecule has 0 unspecified atom stereocenters. The van der Waals surface area contributed by atoms with Crippen molar-refractivity contribution in [2.75, 3.05) is 6.54 Å². The number of piperidine rings is 1. The standard InChI is InChI=1S/C23H26N6O2/c1-13-19-14(12-28(4)27-19)9-16(20(13)30)21-24-11-17-18(26-21)6-8-29(22(17)31)15-5-7-25-23(2,3)10-15/h6,8-9,11-12,15,25,30H,5,7,10H2,1-4H3/t15-/m1/s1. The molecular formula is C23H26N6O2. The van der Waals surface area contributed by atoms with Gasteiger partial charge in [-0.05, 0) is 52.3 Å². The van der Waals surface area contributed by atoms with Crippen LogP contribution in [0.2, 0.25) is 0 Å². The highest BCUT2D eigenvalue weighted by Crippen LogP contribution is 2.35. The molecule has 0 radical (unpaired) electrons. The minimum atomic E-state index is -0.0742. The molecule has 160 valence electrons. The van der Waals surface area contributed by atoms with Crippen molar-refractivity contribution in [3.05, 3.63) is 46.6 Å². The second-order valence-corrected chi connectivity index (χ2v) is 9.12. The maximum absolute atomic E-state index is 13.2. The fraction of sp³-hybridized carbons (Fsp3) is 0.391. The van der Waals surface area contributed by atoms with E-state index in [0.717, 1.165) is 30.3 Å². The summed E-state index contributed by atoms with van der Waals surface area (Å²) in [6.07, 6.45) is 7.10. The molecule has 31 heavy (non-hydrogen) atoms. The number of benzene rings is 1. The molecule has 1 aliphatic rings. The average molecular weight is 419 g/mol. The third-order valence-electron chi connectivity index (χ3n) is 6.26. The van der Waals surface area contributed by atoms with Crippen molar-refractivity contribution < 1.29 is 5.11 Å². The van der Waals surface area contributed by atoms with E-state index in [0.29, 0.717) is 27.9 Å². The van der Waals surface area contributed by atoms with Crippen molar-refractivity contribution in [2.24, 2.45) is 7.05 Å². The second-order valence-electron chi connectivity index (χ2n) is 9.12. The molecule has 5 rings (SSSR count). The van der Waals surface area contributed by atoms with Gasteiger partial charge in [0.1, 0.15) is 5.75 Å². The molecule has 0 amide bonds. The highest BCUT2D eigenvalue weighted by atomic mass is 16.3. The molecule has 2 N–H and O–H groups in total. The molecule has 0 spiro atoms. The minimum Gasteiger partial charge on any atom is -0.507 e. The quantitative estimate of drug-likeness (QED) is 0.519. The summed E-state index contributed by atoms with van der Waals surface area (Å²) >= 11 is 0. The lowest BCUT2D eigenvalue weighted by molar-refractivity contribution is 0.229. The number of nitrogens with zero attached hydrogens (tertiary/aromatic N) is 5. The summed E-state index contributed by atoms with van der Waals surface area (Å²) in [5.41, 5.74) is 2.46. The van der Waals surface area contributed by atoms with Gasteiger partial charge >= 0.3 is 0 Å². The molecule has 3 aromatic heterocycles. The van der Waals surface area contributed by atoms with Crippen LogP contribution in [0.25, 0.3) is 33.2 Å². The zero-order chi connectivity index (χ0) is 21.9. The first-order valence-corrected chi connectivity index (χ1v) is 10.5. The lowest BCUT2D eigenvalue weighted by Gasteiger charge is -2.37. The van der Waals surface area contributed by atoms with Gasteiger partial charge in [0, 0.05) is 48.2 Å². The Bertz CT molecular complexity index is 1380. The van der Waals surface area contributed by atoms with Crippen molar-refractivity contribution in [3.63, 3.8) is 0 Å². The van der Waals surface area contributed by atoms with Crippen LogP contribution in [0.4, 0.5) is 0 Å².